The van der Waals surface area contributed by atoms with Gasteiger partial charge in [-0.05, 0) is 18.1 Å². The fraction of sp³-hybridized carbons (Fsp3) is 0.455. The van der Waals surface area contributed by atoms with Crippen LogP contribution < -0.4 is 0 Å². The monoisotopic (exact) mass is 259 g/mol. The molecule has 16 heavy (non-hydrogen) atoms. The van der Waals surface area contributed by atoms with Gasteiger partial charge in [-0.2, -0.15) is 0 Å². The van der Waals surface area contributed by atoms with Crippen LogP contribution in [0.3, 0.4) is 0 Å². The first-order valence-electron chi connectivity index (χ1n) is 4.90. The predicted molar refractivity (Wildman–Crippen MR) is 66.2 cm³/mol. The van der Waals surface area contributed by atoms with Crippen molar-refractivity contribution in [2.24, 2.45) is 5.92 Å². The van der Waals surface area contributed by atoms with Crippen LogP contribution in [0.1, 0.15) is 17.3 Å². The van der Waals surface area contributed by atoms with Crippen LogP contribution in [-0.4, -0.2) is 29.7 Å². The third kappa shape index (κ3) is 4.02. The highest BCUT2D eigenvalue weighted by atomic mass is 35.5. The minimum atomic E-state index is -0.338. The van der Waals surface area contributed by atoms with E-state index in [0.717, 1.165) is 10.8 Å². The fourth-order valence-corrected chi connectivity index (χ4v) is 2.16. The lowest BCUT2D eigenvalue weighted by atomic mass is 10.3. The minimum Gasteiger partial charge on any atom is -0.465 e. The smallest absolute Gasteiger partial charge is 0.337 e. The molecule has 0 aromatic carbocycles. The average Bonchev–Trinajstić information content (AvgIpc) is 2.35. The minimum absolute atomic E-state index is 0.338. The van der Waals surface area contributed by atoms with Crippen LogP contribution >= 0.6 is 23.4 Å². The maximum atomic E-state index is 11.3. The summed E-state index contributed by atoms with van der Waals surface area (Å²) >= 11 is 7.31. The highest BCUT2D eigenvalue weighted by Gasteiger charge is 2.08. The van der Waals surface area contributed by atoms with Gasteiger partial charge >= 0.3 is 5.97 Å². The zero-order valence-electron chi connectivity index (χ0n) is 9.27. The van der Waals surface area contributed by atoms with E-state index in [1.807, 2.05) is 0 Å². The lowest BCUT2D eigenvalue weighted by molar-refractivity contribution is 0.0600. The zero-order valence-corrected chi connectivity index (χ0v) is 10.8. The molecule has 0 bridgehead atoms. The van der Waals surface area contributed by atoms with E-state index >= 15 is 0 Å². The van der Waals surface area contributed by atoms with Gasteiger partial charge in [0.2, 0.25) is 0 Å². The Labute approximate surface area is 105 Å². The molecule has 1 atom stereocenters. The molecule has 0 aliphatic rings. The first kappa shape index (κ1) is 13.3. The fourth-order valence-electron chi connectivity index (χ4n) is 1.01. The van der Waals surface area contributed by atoms with Gasteiger partial charge in [0.1, 0.15) is 0 Å². The van der Waals surface area contributed by atoms with Gasteiger partial charge in [0.15, 0.2) is 0 Å². The van der Waals surface area contributed by atoms with Gasteiger partial charge in [-0.1, -0.05) is 6.92 Å². The molecule has 0 spiro atoms. The Kier molecular flexibility index (Phi) is 5.63. The van der Waals surface area contributed by atoms with Gasteiger partial charge < -0.3 is 4.74 Å². The number of hydrogen-bond acceptors (Lipinski definition) is 4. The van der Waals surface area contributed by atoms with Crippen molar-refractivity contribution in [2.75, 3.05) is 18.7 Å². The van der Waals surface area contributed by atoms with E-state index in [0.29, 0.717) is 17.4 Å². The molecular weight excluding hydrogens is 246 g/mol. The van der Waals surface area contributed by atoms with E-state index in [1.54, 1.807) is 30.1 Å². The first-order chi connectivity index (χ1) is 7.67. The highest BCUT2D eigenvalue weighted by Crippen LogP contribution is 2.20. The van der Waals surface area contributed by atoms with Crippen LogP contribution in [0.4, 0.5) is 0 Å². The number of hydrogen-bond donors (Lipinski definition) is 0. The van der Waals surface area contributed by atoms with E-state index in [1.165, 1.54) is 7.11 Å². The van der Waals surface area contributed by atoms with Gasteiger partial charge in [-0.25, -0.2) is 9.78 Å². The summed E-state index contributed by atoms with van der Waals surface area (Å²) in [6, 6.07) is 3.37. The van der Waals surface area contributed by atoms with Crippen LogP contribution in [0.5, 0.6) is 0 Å². The number of methoxy groups -OCH3 is 1. The summed E-state index contributed by atoms with van der Waals surface area (Å²) in [5.41, 5.74) is 0.526. The van der Waals surface area contributed by atoms with E-state index in [-0.39, 0.29) is 5.97 Å². The molecule has 0 saturated carbocycles. The van der Waals surface area contributed by atoms with Gasteiger partial charge in [0.25, 0.3) is 0 Å². The quantitative estimate of drug-likeness (QED) is 0.463. The molecule has 0 amide bonds. The molecule has 1 rings (SSSR count). The van der Waals surface area contributed by atoms with Gasteiger partial charge in [0.05, 0.1) is 17.7 Å². The van der Waals surface area contributed by atoms with E-state index in [9.17, 15) is 4.79 Å². The Morgan fingerprint density at radius 2 is 2.44 bits per heavy atom. The number of thioether (sulfide) groups is 1. The number of carbonyl (C=O) groups excluding carboxylic acids is 1. The van der Waals surface area contributed by atoms with Crippen molar-refractivity contribution in [1.29, 1.82) is 0 Å². The Balaban J connectivity index is 2.64. The largest absolute Gasteiger partial charge is 0.465 e. The number of esters is 1. The third-order valence-corrected chi connectivity index (χ3v) is 3.72. The SMILES string of the molecule is COC(=O)c1ccnc(SCC(C)CCl)c1. The number of halogens is 1. The Morgan fingerprint density at radius 1 is 1.69 bits per heavy atom. The molecule has 3 nitrogen and oxygen atoms in total. The molecule has 0 aliphatic heterocycles. The summed E-state index contributed by atoms with van der Waals surface area (Å²) in [7, 11) is 1.37. The lowest BCUT2D eigenvalue weighted by Gasteiger charge is -2.06. The van der Waals surface area contributed by atoms with Crippen LogP contribution in [0, 0.1) is 5.92 Å². The lowest BCUT2D eigenvalue weighted by Crippen LogP contribution is -2.03. The second-order valence-corrected chi connectivity index (χ2v) is 4.79. The summed E-state index contributed by atoms with van der Waals surface area (Å²) in [5.74, 6) is 1.61. The van der Waals surface area contributed by atoms with E-state index in [2.05, 4.69) is 16.6 Å². The van der Waals surface area contributed by atoms with Crippen LogP contribution in [0.2, 0.25) is 0 Å². The molecule has 0 aliphatic carbocycles. The topological polar surface area (TPSA) is 39.2 Å². The summed E-state index contributed by atoms with van der Waals surface area (Å²) in [6.45, 7) is 2.07. The van der Waals surface area contributed by atoms with E-state index in [4.69, 9.17) is 11.6 Å². The molecule has 1 aromatic rings. The first-order valence-corrected chi connectivity index (χ1v) is 6.42. The van der Waals surface area contributed by atoms with Crippen LogP contribution in [-0.2, 0) is 4.74 Å². The summed E-state index contributed by atoms with van der Waals surface area (Å²) < 4.78 is 4.64. The van der Waals surface area contributed by atoms with Crippen molar-refractivity contribution in [3.05, 3.63) is 23.9 Å². The molecule has 1 aromatic heterocycles. The summed E-state index contributed by atoms with van der Waals surface area (Å²) in [5, 5.41) is 0.819. The third-order valence-electron chi connectivity index (χ3n) is 1.94. The number of carbonyl (C=O) groups is 1. The Hall–Kier alpha value is -0.740. The van der Waals surface area contributed by atoms with Crippen molar-refractivity contribution in [2.45, 2.75) is 11.9 Å². The maximum Gasteiger partial charge on any atom is 0.337 e. The summed E-state index contributed by atoms with van der Waals surface area (Å²) in [4.78, 5) is 15.5. The molecule has 0 fully saturated rings. The maximum absolute atomic E-state index is 11.3. The number of nitrogens with zero attached hydrogens (tertiary/aromatic N) is 1. The number of aromatic nitrogens is 1. The molecule has 1 heterocycles. The van der Waals surface area contributed by atoms with Crippen molar-refractivity contribution in [3.63, 3.8) is 0 Å². The molecule has 5 heteroatoms. The number of pyridine rings is 1. The summed E-state index contributed by atoms with van der Waals surface area (Å²) in [6.07, 6.45) is 1.61. The molecule has 0 radical (unpaired) electrons. The van der Waals surface area contributed by atoms with Crippen molar-refractivity contribution < 1.29 is 9.53 Å². The number of rotatable bonds is 5. The van der Waals surface area contributed by atoms with Crippen molar-refractivity contribution in [3.8, 4) is 0 Å². The highest BCUT2D eigenvalue weighted by molar-refractivity contribution is 7.99. The molecule has 0 N–H and O–H groups in total. The normalized spacial score (nSPS) is 12.2. The van der Waals surface area contributed by atoms with Gasteiger partial charge in [-0.15, -0.1) is 23.4 Å². The van der Waals surface area contributed by atoms with Crippen LogP contribution in [0.15, 0.2) is 23.4 Å². The van der Waals surface area contributed by atoms with Crippen molar-refractivity contribution in [1.82, 2.24) is 4.98 Å². The molecular formula is C11H14ClNO2S. The molecule has 88 valence electrons. The molecule has 0 saturated heterocycles. The predicted octanol–water partition coefficient (Wildman–Crippen LogP) is 2.84. The van der Waals surface area contributed by atoms with Crippen LogP contribution in [0.25, 0.3) is 0 Å². The molecule has 1 unspecified atom stereocenters. The van der Waals surface area contributed by atoms with E-state index < -0.39 is 0 Å². The second kappa shape index (κ2) is 6.76. The van der Waals surface area contributed by atoms with Gasteiger partial charge in [0, 0.05) is 17.8 Å². The van der Waals surface area contributed by atoms with Gasteiger partial charge in [-0.3, -0.25) is 0 Å². The number of alkyl halides is 1. The Morgan fingerprint density at radius 3 is 3.06 bits per heavy atom. The Bertz CT molecular complexity index is 360. The standard InChI is InChI=1S/C11H14ClNO2S/c1-8(6-12)7-16-10-5-9(3-4-13-10)11(14)15-2/h3-5,8H,6-7H2,1-2H3. The average molecular weight is 260 g/mol. The van der Waals surface area contributed by atoms with Crippen molar-refractivity contribution >= 4 is 29.3 Å². The number of ether oxygens (including phenoxy) is 1. The second-order valence-electron chi connectivity index (χ2n) is 3.44. The zero-order chi connectivity index (χ0) is 12.0.